The molecule has 1 heterocycles. The number of aliphatic imine (C=N–C) groups is 1. The van der Waals surface area contributed by atoms with Gasteiger partial charge in [-0.3, -0.25) is 4.99 Å². The molecule has 0 atom stereocenters. The maximum absolute atomic E-state index is 5.55. The van der Waals surface area contributed by atoms with Crippen molar-refractivity contribution in [1.29, 1.82) is 0 Å². The smallest absolute Gasteiger partial charge is 0.213 e. The molecule has 0 fully saturated rings. The topological polar surface area (TPSA) is 67.8 Å². The molecule has 2 rings (SSSR count). The van der Waals surface area contributed by atoms with Crippen LogP contribution in [0.15, 0.2) is 41.5 Å². The van der Waals surface area contributed by atoms with Crippen LogP contribution in [0.5, 0.6) is 11.6 Å². The number of aryl methyl sites for hydroxylation is 1. The highest BCUT2D eigenvalue weighted by molar-refractivity contribution is 14.0. The summed E-state index contributed by atoms with van der Waals surface area (Å²) in [5.74, 6) is 2.23. The van der Waals surface area contributed by atoms with E-state index in [1.807, 2.05) is 39.0 Å². The van der Waals surface area contributed by atoms with Gasteiger partial charge in [0.15, 0.2) is 5.96 Å². The van der Waals surface area contributed by atoms with Gasteiger partial charge in [0.25, 0.3) is 0 Å². The summed E-state index contributed by atoms with van der Waals surface area (Å²) in [6.07, 6.45) is 1.93. The number of halogens is 1. The van der Waals surface area contributed by atoms with Crippen LogP contribution in [0.3, 0.4) is 0 Å². The molecule has 1 aromatic carbocycles. The molecule has 0 saturated carbocycles. The Morgan fingerprint density at radius 2 is 1.89 bits per heavy atom. The van der Waals surface area contributed by atoms with E-state index < -0.39 is 0 Å². The van der Waals surface area contributed by atoms with Crippen molar-refractivity contribution in [1.82, 2.24) is 15.6 Å². The average molecular weight is 484 g/mol. The van der Waals surface area contributed by atoms with E-state index in [1.54, 1.807) is 20.4 Å². The summed E-state index contributed by atoms with van der Waals surface area (Å²) in [6.45, 7) is 7.26. The van der Waals surface area contributed by atoms with Crippen LogP contribution in [0.4, 0.5) is 0 Å². The molecule has 7 heteroatoms. The molecule has 0 aliphatic rings. The molecule has 0 spiro atoms. The number of hydrogen-bond donors (Lipinski definition) is 2. The minimum absolute atomic E-state index is 0. The molecule has 0 amide bonds. The maximum atomic E-state index is 5.55. The third-order valence-corrected chi connectivity index (χ3v) is 3.73. The summed E-state index contributed by atoms with van der Waals surface area (Å²) >= 11 is 0. The number of aromatic nitrogens is 1. The number of rotatable bonds is 7. The van der Waals surface area contributed by atoms with E-state index in [2.05, 4.69) is 32.7 Å². The number of nitrogens with one attached hydrogen (secondary N) is 2. The van der Waals surface area contributed by atoms with Gasteiger partial charge in [-0.05, 0) is 38.0 Å². The summed E-state index contributed by atoms with van der Waals surface area (Å²) < 4.78 is 11.0. The number of benzene rings is 1. The van der Waals surface area contributed by atoms with Gasteiger partial charge >= 0.3 is 0 Å². The van der Waals surface area contributed by atoms with Gasteiger partial charge in [-0.1, -0.05) is 18.2 Å². The molecule has 0 unspecified atom stereocenters. The average Bonchev–Trinajstić information content (AvgIpc) is 2.63. The van der Waals surface area contributed by atoms with Crippen LogP contribution in [0.1, 0.15) is 30.5 Å². The lowest BCUT2D eigenvalue weighted by atomic mass is 10.1. The molecule has 0 aliphatic heterocycles. The van der Waals surface area contributed by atoms with Crippen molar-refractivity contribution >= 4 is 29.9 Å². The van der Waals surface area contributed by atoms with E-state index in [0.29, 0.717) is 19.0 Å². The van der Waals surface area contributed by atoms with Crippen LogP contribution in [-0.2, 0) is 13.1 Å². The van der Waals surface area contributed by atoms with Crippen molar-refractivity contribution < 1.29 is 9.47 Å². The second kappa shape index (κ2) is 11.6. The largest absolute Gasteiger partial charge is 0.496 e. The second-order valence-corrected chi connectivity index (χ2v) is 6.27. The standard InChI is InChI=1S/C20H28N4O2.HI/c1-14(2)26-19-9-7-16(11-22-19)12-23-20(21-4)24-13-17-8-6-15(3)10-18(17)25-5;/h6-11,14H,12-13H2,1-5H3,(H2,21,23,24);1H. The van der Waals surface area contributed by atoms with Crippen LogP contribution in [0.25, 0.3) is 0 Å². The van der Waals surface area contributed by atoms with Crippen molar-refractivity contribution in [3.63, 3.8) is 0 Å². The number of ether oxygens (including phenoxy) is 2. The Labute approximate surface area is 178 Å². The van der Waals surface area contributed by atoms with Gasteiger partial charge in [0.2, 0.25) is 5.88 Å². The summed E-state index contributed by atoms with van der Waals surface area (Å²) in [4.78, 5) is 8.56. The lowest BCUT2D eigenvalue weighted by Crippen LogP contribution is -2.36. The van der Waals surface area contributed by atoms with Crippen LogP contribution < -0.4 is 20.1 Å². The molecule has 2 aromatic rings. The van der Waals surface area contributed by atoms with Gasteiger partial charge < -0.3 is 20.1 Å². The van der Waals surface area contributed by atoms with Crippen LogP contribution in [0.2, 0.25) is 0 Å². The monoisotopic (exact) mass is 484 g/mol. The number of pyridine rings is 1. The number of hydrogen-bond acceptors (Lipinski definition) is 4. The normalized spacial score (nSPS) is 11.0. The first kappa shape index (κ1) is 23.0. The number of methoxy groups -OCH3 is 1. The van der Waals surface area contributed by atoms with Gasteiger partial charge in [0.1, 0.15) is 5.75 Å². The van der Waals surface area contributed by atoms with Gasteiger partial charge in [-0.15, -0.1) is 24.0 Å². The first-order valence-electron chi connectivity index (χ1n) is 8.71. The lowest BCUT2D eigenvalue weighted by molar-refractivity contribution is 0.232. The number of nitrogens with zero attached hydrogens (tertiary/aromatic N) is 2. The Balaban J connectivity index is 0.00000364. The van der Waals surface area contributed by atoms with E-state index in [0.717, 1.165) is 22.8 Å². The van der Waals surface area contributed by atoms with Crippen LogP contribution >= 0.6 is 24.0 Å². The fraction of sp³-hybridized carbons (Fsp3) is 0.400. The predicted molar refractivity (Wildman–Crippen MR) is 120 cm³/mol. The fourth-order valence-electron chi connectivity index (χ4n) is 2.41. The van der Waals surface area contributed by atoms with Gasteiger partial charge in [0.05, 0.1) is 13.2 Å². The van der Waals surface area contributed by atoms with Crippen molar-refractivity contribution in [3.8, 4) is 11.6 Å². The Hall–Kier alpha value is -2.03. The van der Waals surface area contributed by atoms with Crippen LogP contribution in [-0.4, -0.2) is 31.2 Å². The van der Waals surface area contributed by atoms with E-state index >= 15 is 0 Å². The first-order chi connectivity index (χ1) is 12.5. The highest BCUT2D eigenvalue weighted by Crippen LogP contribution is 2.19. The number of guanidine groups is 1. The zero-order chi connectivity index (χ0) is 18.9. The van der Waals surface area contributed by atoms with Crippen LogP contribution in [0, 0.1) is 6.92 Å². The van der Waals surface area contributed by atoms with Crippen molar-refractivity contribution in [2.24, 2.45) is 4.99 Å². The molecule has 0 bridgehead atoms. The second-order valence-electron chi connectivity index (χ2n) is 6.27. The SMILES string of the molecule is CN=C(NCc1ccc(OC(C)C)nc1)NCc1ccc(C)cc1OC.I. The van der Waals surface area contributed by atoms with Crippen molar-refractivity contribution in [2.75, 3.05) is 14.2 Å². The van der Waals surface area contributed by atoms with E-state index in [4.69, 9.17) is 9.47 Å². The highest BCUT2D eigenvalue weighted by atomic mass is 127. The van der Waals surface area contributed by atoms with E-state index in [1.165, 1.54) is 5.56 Å². The van der Waals surface area contributed by atoms with Crippen molar-refractivity contribution in [2.45, 2.75) is 40.0 Å². The molecular formula is C20H29IN4O2. The Morgan fingerprint density at radius 3 is 2.48 bits per heavy atom. The summed E-state index contributed by atoms with van der Waals surface area (Å²) in [7, 11) is 3.44. The van der Waals surface area contributed by atoms with Crippen molar-refractivity contribution in [3.05, 3.63) is 53.2 Å². The molecule has 1 aromatic heterocycles. The minimum atomic E-state index is 0. The van der Waals surface area contributed by atoms with E-state index in [-0.39, 0.29) is 30.1 Å². The summed E-state index contributed by atoms with van der Waals surface area (Å²) in [6, 6.07) is 10.0. The quantitative estimate of drug-likeness (QED) is 0.357. The molecule has 2 N–H and O–H groups in total. The minimum Gasteiger partial charge on any atom is -0.496 e. The Morgan fingerprint density at radius 1 is 1.15 bits per heavy atom. The molecule has 148 valence electrons. The third-order valence-electron chi connectivity index (χ3n) is 3.73. The summed E-state index contributed by atoms with van der Waals surface area (Å²) in [5.41, 5.74) is 3.31. The van der Waals surface area contributed by atoms with Gasteiger partial charge in [0, 0.05) is 38.0 Å². The first-order valence-corrected chi connectivity index (χ1v) is 8.71. The van der Waals surface area contributed by atoms with Gasteiger partial charge in [-0.2, -0.15) is 0 Å². The molecule has 6 nitrogen and oxygen atoms in total. The molecule has 27 heavy (non-hydrogen) atoms. The van der Waals surface area contributed by atoms with E-state index in [9.17, 15) is 0 Å². The Kier molecular flexibility index (Phi) is 9.92. The third kappa shape index (κ3) is 7.62. The molecule has 0 saturated heterocycles. The maximum Gasteiger partial charge on any atom is 0.213 e. The fourth-order valence-corrected chi connectivity index (χ4v) is 2.41. The molecular weight excluding hydrogens is 455 g/mol. The highest BCUT2D eigenvalue weighted by Gasteiger charge is 2.05. The lowest BCUT2D eigenvalue weighted by Gasteiger charge is -2.14. The molecule has 0 radical (unpaired) electrons. The summed E-state index contributed by atoms with van der Waals surface area (Å²) in [5, 5.41) is 6.58. The van der Waals surface area contributed by atoms with Gasteiger partial charge in [-0.25, -0.2) is 4.98 Å². The predicted octanol–water partition coefficient (Wildman–Crippen LogP) is 3.67. The Bertz CT molecular complexity index is 733. The molecule has 0 aliphatic carbocycles. The zero-order valence-corrected chi connectivity index (χ0v) is 18.9. The zero-order valence-electron chi connectivity index (χ0n) is 16.6.